The Morgan fingerprint density at radius 1 is 0.850 bits per heavy atom. The van der Waals surface area contributed by atoms with E-state index in [9.17, 15) is 19.4 Å². The van der Waals surface area contributed by atoms with E-state index >= 15 is 0 Å². The minimum atomic E-state index is -3.27. The number of ether oxygens (including phenoxy) is 4. The van der Waals surface area contributed by atoms with Crippen molar-refractivity contribution in [1.82, 2.24) is 19.5 Å². The van der Waals surface area contributed by atoms with Crippen LogP contribution in [0, 0.1) is 0 Å². The Morgan fingerprint density at radius 2 is 1.38 bits per heavy atom. The minimum absolute atomic E-state index is 0.147. The molecule has 7 rings (SSSR count). The molecule has 0 saturated carbocycles. The molecule has 3 heterocycles. The van der Waals surface area contributed by atoms with Crippen LogP contribution in [0.1, 0.15) is 54.0 Å². The standard InChI is InChI=1S/C38H34N5O9P.C6H16Si/c1-48-28-17-13-26(14-18-28)38(25-11-7-4-8-12-25,27-15-19-29(49-2)20-16-27)52-33-30(21-50-53(46)47)51-37(32(33)44)43-23-41-31-34(39-22-40-35(31)43)42-36(45)24-9-5-3-6-10-24;1-6(2,3)7(4)5/h3-20,22-23,30,32-33,37,44H,21H2,1-2H3,(H,39,40,42,45);7H,1-5H3/t30-,32+,33?,37-;/m1./s1. The van der Waals surface area contributed by atoms with Gasteiger partial charge in [-0.05, 0) is 62.7 Å². The number of hydrogen-bond donors (Lipinski definition) is 2. The number of hydrogen-bond acceptors (Lipinski definition) is 12. The molecule has 1 saturated heterocycles. The molecule has 0 aliphatic carbocycles. The quantitative estimate of drug-likeness (QED) is 0.0689. The first-order valence-corrected chi connectivity index (χ1v) is 23.4. The van der Waals surface area contributed by atoms with Crippen molar-refractivity contribution >= 4 is 39.9 Å². The Kier molecular flexibility index (Phi) is 14.2. The molecule has 6 aromatic rings. The second-order valence-corrected chi connectivity index (χ2v) is 20.3. The maximum Gasteiger partial charge on any atom is 0.488 e. The molecule has 4 aromatic carbocycles. The van der Waals surface area contributed by atoms with E-state index in [1.807, 2.05) is 54.6 Å². The lowest BCUT2D eigenvalue weighted by Gasteiger charge is -2.39. The number of benzene rings is 4. The fourth-order valence-corrected chi connectivity index (χ4v) is 6.76. The zero-order chi connectivity index (χ0) is 43.0. The van der Waals surface area contributed by atoms with Gasteiger partial charge in [0, 0.05) is 14.4 Å². The third-order valence-electron chi connectivity index (χ3n) is 10.8. The lowest BCUT2D eigenvalue weighted by atomic mass is 9.79. The van der Waals surface area contributed by atoms with E-state index in [0.29, 0.717) is 38.8 Å². The highest BCUT2D eigenvalue weighted by Crippen LogP contribution is 2.46. The van der Waals surface area contributed by atoms with E-state index in [1.165, 1.54) is 17.2 Å². The Hall–Kier alpha value is -5.38. The summed E-state index contributed by atoms with van der Waals surface area (Å²) in [7, 11) is -0.486. The fraction of sp³-hybridized carbons (Fsp3) is 0.318. The molecular formula is C44H50N5O9PSi. The predicted molar refractivity (Wildman–Crippen MR) is 229 cm³/mol. The lowest BCUT2D eigenvalue weighted by Crippen LogP contribution is -2.45. The van der Waals surface area contributed by atoms with Crippen LogP contribution in [0.5, 0.6) is 11.5 Å². The normalized spacial score (nSPS) is 18.1. The lowest BCUT2D eigenvalue weighted by molar-refractivity contribution is -0.190. The molecule has 1 fully saturated rings. The van der Waals surface area contributed by atoms with Crippen LogP contribution in [0.25, 0.3) is 11.2 Å². The van der Waals surface area contributed by atoms with Gasteiger partial charge in [0.15, 0.2) is 23.2 Å². The number of amides is 1. The molecule has 2 N–H and O–H groups in total. The molecule has 60 heavy (non-hydrogen) atoms. The summed E-state index contributed by atoms with van der Waals surface area (Å²) in [6.07, 6.45) is -2.27. The van der Waals surface area contributed by atoms with Gasteiger partial charge in [0.2, 0.25) is 0 Å². The Balaban J connectivity index is 0.000000793. The summed E-state index contributed by atoms with van der Waals surface area (Å²) in [6.45, 7) is 11.3. The molecular weight excluding hydrogens is 802 g/mol. The van der Waals surface area contributed by atoms with E-state index in [0.717, 1.165) is 0 Å². The molecule has 5 atom stereocenters. The monoisotopic (exact) mass is 851 g/mol. The average Bonchev–Trinajstić information content (AvgIpc) is 3.83. The minimum Gasteiger partial charge on any atom is -0.566 e. The largest absolute Gasteiger partial charge is 0.566 e. The summed E-state index contributed by atoms with van der Waals surface area (Å²) in [4.78, 5) is 37.7. The number of imidazole rings is 1. The zero-order valence-corrected chi connectivity index (χ0v) is 36.6. The van der Waals surface area contributed by atoms with Crippen molar-refractivity contribution in [3.8, 4) is 11.5 Å². The van der Waals surface area contributed by atoms with Gasteiger partial charge in [-0.1, -0.05) is 107 Å². The first-order chi connectivity index (χ1) is 28.8. The van der Waals surface area contributed by atoms with Crippen LogP contribution >= 0.6 is 8.25 Å². The number of aromatic nitrogens is 4. The van der Waals surface area contributed by atoms with Crippen LogP contribution in [-0.2, 0) is 24.2 Å². The van der Waals surface area contributed by atoms with Crippen molar-refractivity contribution < 1.29 is 42.8 Å². The van der Waals surface area contributed by atoms with Crippen molar-refractivity contribution in [2.75, 3.05) is 26.1 Å². The number of fused-ring (bicyclic) bond motifs is 1. The van der Waals surface area contributed by atoms with E-state index < -0.39 is 50.9 Å². The molecule has 0 spiro atoms. The summed E-state index contributed by atoms with van der Waals surface area (Å²) in [5, 5.41) is 15.6. The number of aliphatic hydroxyl groups excluding tert-OH is 1. The molecule has 1 aliphatic rings. The molecule has 1 amide bonds. The fourth-order valence-electron chi connectivity index (χ4n) is 6.49. The molecule has 14 nitrogen and oxygen atoms in total. The first kappa shape index (κ1) is 44.2. The van der Waals surface area contributed by atoms with Crippen molar-refractivity contribution in [3.63, 3.8) is 0 Å². The summed E-state index contributed by atoms with van der Waals surface area (Å²) < 4.78 is 42.7. The van der Waals surface area contributed by atoms with Crippen LogP contribution in [0.3, 0.4) is 0 Å². The summed E-state index contributed by atoms with van der Waals surface area (Å²) >= 11 is 0. The van der Waals surface area contributed by atoms with Gasteiger partial charge in [-0.25, -0.2) is 15.0 Å². The average molecular weight is 852 g/mol. The van der Waals surface area contributed by atoms with Crippen LogP contribution in [0.4, 0.5) is 5.82 Å². The van der Waals surface area contributed by atoms with Gasteiger partial charge >= 0.3 is 8.25 Å². The van der Waals surface area contributed by atoms with Crippen LogP contribution < -0.4 is 19.7 Å². The van der Waals surface area contributed by atoms with Gasteiger partial charge in [0.05, 0.1) is 20.5 Å². The third kappa shape index (κ3) is 9.80. The van der Waals surface area contributed by atoms with Gasteiger partial charge in [-0.15, -0.1) is 4.52 Å². The number of nitrogens with one attached hydrogen (secondary N) is 1. The maximum absolute atomic E-state index is 13.0. The topological polar surface area (TPSA) is 179 Å². The number of methoxy groups -OCH3 is 2. The Bertz CT molecular complexity index is 2300. The predicted octanol–water partition coefficient (Wildman–Crippen LogP) is 7.04. The van der Waals surface area contributed by atoms with E-state index in [4.69, 9.17) is 23.5 Å². The van der Waals surface area contributed by atoms with Crippen molar-refractivity contribution in [1.29, 1.82) is 0 Å². The maximum atomic E-state index is 13.0. The smallest absolute Gasteiger partial charge is 0.488 e. The zero-order valence-electron chi connectivity index (χ0n) is 34.6. The van der Waals surface area contributed by atoms with Crippen molar-refractivity contribution in [2.24, 2.45) is 0 Å². The highest BCUT2D eigenvalue weighted by Gasteiger charge is 2.52. The van der Waals surface area contributed by atoms with Gasteiger partial charge in [-0.3, -0.25) is 9.36 Å². The van der Waals surface area contributed by atoms with E-state index in [-0.39, 0.29) is 25.8 Å². The molecule has 16 heteroatoms. The highest BCUT2D eigenvalue weighted by molar-refractivity contribution is 7.30. The molecule has 0 radical (unpaired) electrons. The molecule has 2 unspecified atom stereocenters. The first-order valence-electron chi connectivity index (χ1n) is 19.4. The van der Waals surface area contributed by atoms with Crippen LogP contribution in [0.15, 0.2) is 122 Å². The second-order valence-electron chi connectivity index (χ2n) is 15.5. The van der Waals surface area contributed by atoms with E-state index in [1.54, 1.807) is 68.8 Å². The highest BCUT2D eigenvalue weighted by atomic mass is 31.1. The molecule has 314 valence electrons. The Morgan fingerprint density at radius 3 is 1.90 bits per heavy atom. The van der Waals surface area contributed by atoms with Crippen LogP contribution in [-0.4, -0.2) is 78.5 Å². The van der Waals surface area contributed by atoms with Gasteiger partial charge in [0.25, 0.3) is 5.91 Å². The second kappa shape index (κ2) is 19.3. The number of carbonyl (C=O) groups excluding carboxylic acids is 1. The number of carbonyl (C=O) groups is 1. The summed E-state index contributed by atoms with van der Waals surface area (Å²) in [6, 6.07) is 32.7. The van der Waals surface area contributed by atoms with Gasteiger partial charge < -0.3 is 34.3 Å². The third-order valence-corrected chi connectivity index (χ3v) is 14.6. The molecule has 1 aliphatic heterocycles. The Labute approximate surface area is 352 Å². The van der Waals surface area contributed by atoms with E-state index in [2.05, 4.69) is 54.1 Å². The van der Waals surface area contributed by atoms with Gasteiger partial charge in [0.1, 0.15) is 48.3 Å². The SMILES string of the molecule is COc1ccc(C(OC2[C@@H](CO[P+](=O)[O-])O[C@@H](n3cnc4c(NC(=O)c5ccccc5)ncnc43)[C@H]2O)(c2ccccc2)c2ccc(OC)cc2)cc1.C[SiH](C)C(C)(C)C. The number of rotatable bonds is 13. The summed E-state index contributed by atoms with van der Waals surface area (Å²) in [5.74, 6) is 0.986. The summed E-state index contributed by atoms with van der Waals surface area (Å²) in [5.41, 5.74) is 1.57. The number of nitrogens with zero attached hydrogens (tertiary/aromatic N) is 4. The number of anilines is 1. The number of aliphatic hydroxyl groups is 1. The van der Waals surface area contributed by atoms with Crippen molar-refractivity contribution in [2.45, 2.75) is 69.0 Å². The molecule has 2 aromatic heterocycles. The van der Waals surface area contributed by atoms with Gasteiger partial charge in [-0.2, -0.15) is 0 Å². The van der Waals surface area contributed by atoms with Crippen LogP contribution in [0.2, 0.25) is 18.1 Å². The van der Waals surface area contributed by atoms with Crippen molar-refractivity contribution in [3.05, 3.63) is 144 Å². The molecule has 0 bridgehead atoms.